The average Bonchev–Trinajstić information content (AvgIpc) is 3.48. The highest BCUT2D eigenvalue weighted by Gasteiger charge is 2.53. The fourth-order valence-corrected chi connectivity index (χ4v) is 7.44. The maximum absolute atomic E-state index is 13.8. The molecule has 0 unspecified atom stereocenters. The maximum Gasteiger partial charge on any atom is 0.246 e. The molecule has 2 aromatic rings. The number of nitrogens with zero attached hydrogens (tertiary/aromatic N) is 1. The molecular weight excluding hydrogens is 420 g/mol. The molecule has 1 aliphatic carbocycles. The van der Waals surface area contributed by atoms with Crippen LogP contribution in [0.5, 0.6) is 0 Å². The van der Waals surface area contributed by atoms with Crippen molar-refractivity contribution in [2.45, 2.75) is 68.4 Å². The summed E-state index contributed by atoms with van der Waals surface area (Å²) in [5, 5.41) is 2.93. The van der Waals surface area contributed by atoms with Crippen molar-refractivity contribution in [3.63, 3.8) is 0 Å². The van der Waals surface area contributed by atoms with E-state index in [0.29, 0.717) is 24.1 Å². The van der Waals surface area contributed by atoms with Crippen LogP contribution >= 0.6 is 0 Å². The number of sulfone groups is 1. The van der Waals surface area contributed by atoms with Crippen molar-refractivity contribution in [1.82, 2.24) is 4.90 Å². The molecule has 0 atom stereocenters. The lowest BCUT2D eigenvalue weighted by Crippen LogP contribution is -2.47. The molecule has 1 N–H and O–H groups in total. The molecule has 0 bridgehead atoms. The number of benzene rings is 2. The monoisotopic (exact) mass is 454 g/mol. The number of likely N-dealkylation sites (tertiary alicyclic amines) is 1. The quantitative estimate of drug-likeness (QED) is 0.660. The van der Waals surface area contributed by atoms with Gasteiger partial charge in [0.2, 0.25) is 5.91 Å². The topological polar surface area (TPSA) is 66.5 Å². The van der Waals surface area contributed by atoms with E-state index in [4.69, 9.17) is 0 Å². The normalized spacial score (nSPS) is 18.7. The molecule has 2 aliphatic rings. The highest BCUT2D eigenvalue weighted by Crippen LogP contribution is 2.42. The zero-order valence-corrected chi connectivity index (χ0v) is 20.0. The second-order valence-electron chi connectivity index (χ2n) is 9.42. The summed E-state index contributed by atoms with van der Waals surface area (Å²) in [4.78, 5) is 16.2. The third-order valence-corrected chi connectivity index (χ3v) is 9.74. The first-order valence-electron chi connectivity index (χ1n) is 11.8. The standard InChI is InChI=1S/C26H34N2O3S/c1-20-7-8-21(2)24(19-20)32(30,31)26(14-3-4-15-26)25(29)27-23-11-9-22(10-12-23)13-18-28-16-5-6-17-28/h7-12,19H,3-6,13-18H2,1-2H3,(H,27,29). The smallest absolute Gasteiger partial charge is 0.246 e. The van der Waals surface area contributed by atoms with Crippen LogP contribution in [-0.4, -0.2) is 43.6 Å². The average molecular weight is 455 g/mol. The number of amides is 1. The predicted molar refractivity (Wildman–Crippen MR) is 129 cm³/mol. The van der Waals surface area contributed by atoms with Crippen LogP contribution in [0.15, 0.2) is 47.4 Å². The first-order valence-corrected chi connectivity index (χ1v) is 13.2. The Kier molecular flexibility index (Phi) is 6.72. The minimum atomic E-state index is -3.82. The number of hydrogen-bond donors (Lipinski definition) is 1. The molecule has 172 valence electrons. The van der Waals surface area contributed by atoms with Crippen LogP contribution in [0.4, 0.5) is 5.69 Å². The van der Waals surface area contributed by atoms with Gasteiger partial charge >= 0.3 is 0 Å². The summed E-state index contributed by atoms with van der Waals surface area (Å²) in [6.45, 7) is 7.11. The molecule has 5 nitrogen and oxygen atoms in total. The summed E-state index contributed by atoms with van der Waals surface area (Å²) in [7, 11) is -3.82. The maximum atomic E-state index is 13.8. The molecule has 6 heteroatoms. The van der Waals surface area contributed by atoms with E-state index in [1.165, 1.54) is 31.5 Å². The van der Waals surface area contributed by atoms with Crippen molar-refractivity contribution in [3.8, 4) is 0 Å². The number of nitrogens with one attached hydrogen (secondary N) is 1. The van der Waals surface area contributed by atoms with Gasteiger partial charge in [0, 0.05) is 12.2 Å². The molecular formula is C26H34N2O3S. The van der Waals surface area contributed by atoms with Gasteiger partial charge in [0.15, 0.2) is 14.6 Å². The molecule has 0 aromatic heterocycles. The third-order valence-electron chi connectivity index (χ3n) is 7.10. The number of carbonyl (C=O) groups is 1. The Balaban J connectivity index is 1.51. The van der Waals surface area contributed by atoms with E-state index in [1.54, 1.807) is 13.0 Å². The van der Waals surface area contributed by atoms with Gasteiger partial charge in [0.25, 0.3) is 0 Å². The Labute approximate surface area is 192 Å². The summed E-state index contributed by atoms with van der Waals surface area (Å²) >= 11 is 0. The van der Waals surface area contributed by atoms with E-state index < -0.39 is 20.5 Å². The first-order chi connectivity index (χ1) is 15.3. The highest BCUT2D eigenvalue weighted by atomic mass is 32.2. The van der Waals surface area contributed by atoms with Crippen molar-refractivity contribution in [3.05, 3.63) is 59.2 Å². The number of carbonyl (C=O) groups excluding carboxylic acids is 1. The van der Waals surface area contributed by atoms with Crippen LogP contribution in [0.2, 0.25) is 0 Å². The van der Waals surface area contributed by atoms with Gasteiger partial charge in [0.1, 0.15) is 0 Å². The van der Waals surface area contributed by atoms with Gasteiger partial charge in [-0.15, -0.1) is 0 Å². The molecule has 1 heterocycles. The molecule has 4 rings (SSSR count). The van der Waals surface area contributed by atoms with Crippen LogP contribution in [0, 0.1) is 13.8 Å². The fraction of sp³-hybridized carbons (Fsp3) is 0.500. The summed E-state index contributed by atoms with van der Waals surface area (Å²) in [6, 6.07) is 13.3. The minimum Gasteiger partial charge on any atom is -0.325 e. The van der Waals surface area contributed by atoms with E-state index in [-0.39, 0.29) is 4.90 Å². The highest BCUT2D eigenvalue weighted by molar-refractivity contribution is 7.93. The van der Waals surface area contributed by atoms with Crippen molar-refractivity contribution in [1.29, 1.82) is 0 Å². The zero-order chi connectivity index (χ0) is 22.8. The van der Waals surface area contributed by atoms with Gasteiger partial charge in [-0.05, 0) is 93.9 Å². The number of hydrogen-bond acceptors (Lipinski definition) is 4. The second kappa shape index (κ2) is 9.36. The third kappa shape index (κ3) is 4.48. The number of anilines is 1. The van der Waals surface area contributed by atoms with E-state index in [1.807, 2.05) is 43.3 Å². The van der Waals surface area contributed by atoms with Crippen LogP contribution in [0.25, 0.3) is 0 Å². The predicted octanol–water partition coefficient (Wildman–Crippen LogP) is 4.67. The Morgan fingerprint density at radius 1 is 0.969 bits per heavy atom. The van der Waals surface area contributed by atoms with Gasteiger partial charge in [-0.25, -0.2) is 8.42 Å². The first kappa shape index (κ1) is 23.0. The fourth-order valence-electron chi connectivity index (χ4n) is 5.06. The Morgan fingerprint density at radius 2 is 1.62 bits per heavy atom. The minimum absolute atomic E-state index is 0.284. The van der Waals surface area contributed by atoms with Crippen molar-refractivity contribution >= 4 is 21.4 Å². The van der Waals surface area contributed by atoms with Gasteiger partial charge in [0.05, 0.1) is 4.90 Å². The van der Waals surface area contributed by atoms with Gasteiger partial charge in [-0.1, -0.05) is 37.1 Å². The molecule has 2 fully saturated rings. The lowest BCUT2D eigenvalue weighted by Gasteiger charge is -2.28. The summed E-state index contributed by atoms with van der Waals surface area (Å²) in [5.41, 5.74) is 3.46. The van der Waals surface area contributed by atoms with E-state index in [0.717, 1.165) is 31.4 Å². The van der Waals surface area contributed by atoms with Crippen LogP contribution in [0.1, 0.15) is 55.2 Å². The van der Waals surface area contributed by atoms with Crippen LogP contribution in [-0.2, 0) is 21.1 Å². The molecule has 1 saturated heterocycles. The van der Waals surface area contributed by atoms with Crippen LogP contribution < -0.4 is 5.32 Å². The number of rotatable bonds is 7. The molecule has 0 radical (unpaired) electrons. The van der Waals surface area contributed by atoms with Gasteiger partial charge in [-0.2, -0.15) is 0 Å². The van der Waals surface area contributed by atoms with Crippen molar-refractivity contribution in [2.24, 2.45) is 0 Å². The second-order valence-corrected chi connectivity index (χ2v) is 11.7. The molecule has 0 spiro atoms. The molecule has 2 aromatic carbocycles. The Bertz CT molecular complexity index is 1060. The molecule has 1 saturated carbocycles. The summed E-state index contributed by atoms with van der Waals surface area (Å²) in [5.74, 6) is -0.402. The summed E-state index contributed by atoms with van der Waals surface area (Å²) < 4.78 is 26.1. The SMILES string of the molecule is Cc1ccc(C)c(S(=O)(=O)C2(C(=O)Nc3ccc(CCN4CCCC4)cc3)CCCC2)c1. The van der Waals surface area contributed by atoms with Crippen molar-refractivity contribution in [2.75, 3.05) is 25.0 Å². The van der Waals surface area contributed by atoms with Crippen LogP contribution in [0.3, 0.4) is 0 Å². The summed E-state index contributed by atoms with van der Waals surface area (Å²) in [6.07, 6.45) is 5.78. The molecule has 32 heavy (non-hydrogen) atoms. The Hall–Kier alpha value is -2.18. The zero-order valence-electron chi connectivity index (χ0n) is 19.2. The largest absolute Gasteiger partial charge is 0.325 e. The lowest BCUT2D eigenvalue weighted by molar-refractivity contribution is -0.118. The number of aryl methyl sites for hydroxylation is 2. The van der Waals surface area contributed by atoms with E-state index in [2.05, 4.69) is 10.2 Å². The lowest BCUT2D eigenvalue weighted by atomic mass is 10.1. The van der Waals surface area contributed by atoms with E-state index >= 15 is 0 Å². The molecule has 1 aliphatic heterocycles. The Morgan fingerprint density at radius 3 is 2.28 bits per heavy atom. The molecule has 1 amide bonds. The van der Waals surface area contributed by atoms with E-state index in [9.17, 15) is 13.2 Å². The van der Waals surface area contributed by atoms with Crippen molar-refractivity contribution < 1.29 is 13.2 Å². The van der Waals surface area contributed by atoms with Gasteiger partial charge < -0.3 is 10.2 Å². The van der Waals surface area contributed by atoms with Gasteiger partial charge in [-0.3, -0.25) is 4.79 Å².